The summed E-state index contributed by atoms with van der Waals surface area (Å²) in [7, 11) is -3.57. The van der Waals surface area contributed by atoms with E-state index in [9.17, 15) is 8.42 Å². The van der Waals surface area contributed by atoms with Crippen LogP contribution in [0.5, 0.6) is 0 Å². The molecule has 1 aromatic rings. The van der Waals surface area contributed by atoms with E-state index in [1.807, 2.05) is 12.3 Å². The summed E-state index contributed by atoms with van der Waals surface area (Å²) in [4.78, 5) is 0. The molecule has 0 aromatic carbocycles. The Morgan fingerprint density at radius 1 is 1.54 bits per heavy atom. The third-order valence-corrected chi connectivity index (χ3v) is 1.99. The largest absolute Gasteiger partial charge is 0.274 e. The van der Waals surface area contributed by atoms with Gasteiger partial charge in [-0.25, -0.2) is 9.71 Å². The fourth-order valence-electron chi connectivity index (χ4n) is 0.847. The fourth-order valence-corrected chi connectivity index (χ4v) is 1.22. The van der Waals surface area contributed by atoms with Gasteiger partial charge in [-0.2, -0.15) is 13.1 Å². The molecule has 6 heteroatoms. The predicted octanol–water partition coefficient (Wildman–Crippen LogP) is -1.43. The van der Waals surface area contributed by atoms with Gasteiger partial charge in [0.2, 0.25) is 0 Å². The maximum atomic E-state index is 10.5. The van der Waals surface area contributed by atoms with Gasteiger partial charge in [0.15, 0.2) is 18.9 Å². The molecule has 1 aromatic heterocycles. The second kappa shape index (κ2) is 4.31. The summed E-state index contributed by atoms with van der Waals surface area (Å²) < 4.78 is 24.9. The first-order chi connectivity index (χ1) is 6.08. The Kier molecular flexibility index (Phi) is 3.35. The lowest BCUT2D eigenvalue weighted by Gasteiger charge is -1.97. The quantitative estimate of drug-likeness (QED) is 0.586. The molecule has 0 aliphatic carbocycles. The molecule has 0 atom stereocenters. The van der Waals surface area contributed by atoms with Gasteiger partial charge in [-0.05, 0) is 6.07 Å². The van der Waals surface area contributed by atoms with Gasteiger partial charge in [-0.1, -0.05) is 0 Å². The van der Waals surface area contributed by atoms with Crippen LogP contribution < -0.4 is 14.4 Å². The molecule has 0 aliphatic rings. The number of aromatic nitrogens is 1. The zero-order valence-electron chi connectivity index (χ0n) is 6.97. The van der Waals surface area contributed by atoms with Crippen LogP contribution in [0.15, 0.2) is 24.5 Å². The van der Waals surface area contributed by atoms with Crippen molar-refractivity contribution in [3.63, 3.8) is 0 Å². The van der Waals surface area contributed by atoms with Crippen molar-refractivity contribution in [2.24, 2.45) is 5.14 Å². The van der Waals surface area contributed by atoms with Crippen LogP contribution in [-0.4, -0.2) is 15.0 Å². The van der Waals surface area contributed by atoms with Crippen molar-refractivity contribution >= 4 is 10.2 Å². The van der Waals surface area contributed by atoms with Crippen molar-refractivity contribution in [1.29, 1.82) is 0 Å². The summed E-state index contributed by atoms with van der Waals surface area (Å²) in [6, 6.07) is 6.45. The van der Waals surface area contributed by atoms with Gasteiger partial charge < -0.3 is 0 Å². The van der Waals surface area contributed by atoms with E-state index in [-0.39, 0.29) is 6.54 Å². The maximum absolute atomic E-state index is 10.5. The Morgan fingerprint density at radius 3 is 2.85 bits per heavy atom. The van der Waals surface area contributed by atoms with Gasteiger partial charge in [0.25, 0.3) is 10.2 Å². The van der Waals surface area contributed by atoms with Crippen molar-refractivity contribution in [3.8, 4) is 0 Å². The molecule has 0 amide bonds. The summed E-state index contributed by atoms with van der Waals surface area (Å²) in [6.07, 6.45) is 3.55. The predicted molar refractivity (Wildman–Crippen MR) is 46.6 cm³/mol. The van der Waals surface area contributed by atoms with Gasteiger partial charge in [0, 0.05) is 6.07 Å². The van der Waals surface area contributed by atoms with Crippen molar-refractivity contribution in [2.45, 2.75) is 6.54 Å². The number of pyridine rings is 1. The monoisotopic (exact) mass is 201 g/mol. The summed E-state index contributed by atoms with van der Waals surface area (Å²) in [5.74, 6) is 0. The minimum absolute atomic E-state index is 0.279. The zero-order chi connectivity index (χ0) is 9.73. The molecular formula is C7H11N3O2S+. The van der Waals surface area contributed by atoms with E-state index in [0.29, 0.717) is 6.54 Å². The van der Waals surface area contributed by atoms with Gasteiger partial charge in [0.1, 0.15) is 0 Å². The minimum Gasteiger partial charge on any atom is -0.216 e. The normalized spacial score (nSPS) is 11.5. The molecular weight excluding hydrogens is 190 g/mol. The molecule has 13 heavy (non-hydrogen) atoms. The Hall–Kier alpha value is -0.980. The summed E-state index contributed by atoms with van der Waals surface area (Å²) in [5.41, 5.74) is 0. The second-order valence-corrected chi connectivity index (χ2v) is 3.86. The van der Waals surface area contributed by atoms with Crippen LogP contribution in [0.1, 0.15) is 0 Å². The fraction of sp³-hybridized carbons (Fsp3) is 0.286. The second-order valence-electron chi connectivity index (χ2n) is 2.48. The van der Waals surface area contributed by atoms with Crippen LogP contribution >= 0.6 is 0 Å². The summed E-state index contributed by atoms with van der Waals surface area (Å²) in [5, 5.41) is 4.74. The highest BCUT2D eigenvalue weighted by molar-refractivity contribution is 7.87. The smallest absolute Gasteiger partial charge is 0.216 e. The molecule has 1 rings (SSSR count). The average molecular weight is 201 g/mol. The molecule has 1 heterocycles. The first-order valence-electron chi connectivity index (χ1n) is 3.70. The minimum atomic E-state index is -3.57. The summed E-state index contributed by atoms with van der Waals surface area (Å²) >= 11 is 0. The molecule has 1 radical (unpaired) electrons. The number of hydrogen-bond acceptors (Lipinski definition) is 2. The van der Waals surface area contributed by atoms with E-state index in [1.165, 1.54) is 0 Å². The third-order valence-electron chi connectivity index (χ3n) is 1.38. The van der Waals surface area contributed by atoms with E-state index in [2.05, 4.69) is 10.8 Å². The van der Waals surface area contributed by atoms with Crippen molar-refractivity contribution in [2.75, 3.05) is 6.54 Å². The van der Waals surface area contributed by atoms with Crippen LogP contribution in [0, 0.1) is 6.07 Å². The molecule has 5 nitrogen and oxygen atoms in total. The first kappa shape index (κ1) is 10.1. The molecule has 71 valence electrons. The molecule has 0 saturated heterocycles. The van der Waals surface area contributed by atoms with E-state index in [4.69, 9.17) is 5.14 Å². The topological polar surface area (TPSA) is 76.1 Å². The number of hydrogen-bond donors (Lipinski definition) is 2. The molecule has 0 unspecified atom stereocenters. The van der Waals surface area contributed by atoms with Gasteiger partial charge >= 0.3 is 0 Å². The number of rotatable bonds is 4. The molecule has 0 aliphatic heterocycles. The Labute approximate surface area is 77.4 Å². The van der Waals surface area contributed by atoms with Crippen LogP contribution in [-0.2, 0) is 16.8 Å². The highest BCUT2D eigenvalue weighted by Gasteiger charge is 2.02. The zero-order valence-corrected chi connectivity index (χ0v) is 7.79. The van der Waals surface area contributed by atoms with Gasteiger partial charge in [0.05, 0.1) is 12.6 Å². The SMILES string of the molecule is NS(=O)(=O)NCC[n+]1c[c]ccc1. The van der Waals surface area contributed by atoms with Crippen molar-refractivity contribution in [3.05, 3.63) is 30.6 Å². The van der Waals surface area contributed by atoms with E-state index in [1.54, 1.807) is 16.8 Å². The van der Waals surface area contributed by atoms with E-state index < -0.39 is 10.2 Å². The van der Waals surface area contributed by atoms with E-state index in [0.717, 1.165) is 0 Å². The molecule has 0 fully saturated rings. The maximum Gasteiger partial charge on any atom is 0.274 e. The van der Waals surface area contributed by atoms with Crippen LogP contribution in [0.3, 0.4) is 0 Å². The number of nitrogens with one attached hydrogen (secondary N) is 1. The Bertz CT molecular complexity index is 349. The molecule has 3 N–H and O–H groups in total. The van der Waals surface area contributed by atoms with Crippen molar-refractivity contribution < 1.29 is 13.0 Å². The van der Waals surface area contributed by atoms with E-state index >= 15 is 0 Å². The summed E-state index contributed by atoms with van der Waals surface area (Å²) in [6.45, 7) is 0.815. The first-order valence-corrected chi connectivity index (χ1v) is 5.25. The van der Waals surface area contributed by atoms with Crippen LogP contribution in [0.25, 0.3) is 0 Å². The Morgan fingerprint density at radius 2 is 2.31 bits per heavy atom. The molecule has 0 bridgehead atoms. The van der Waals surface area contributed by atoms with Crippen LogP contribution in [0.2, 0.25) is 0 Å². The highest BCUT2D eigenvalue weighted by Crippen LogP contribution is 1.75. The van der Waals surface area contributed by atoms with Gasteiger partial charge in [-0.15, -0.1) is 0 Å². The van der Waals surface area contributed by atoms with Crippen LogP contribution in [0.4, 0.5) is 0 Å². The lowest BCUT2D eigenvalue weighted by molar-refractivity contribution is -0.695. The van der Waals surface area contributed by atoms with Gasteiger partial charge in [-0.3, -0.25) is 0 Å². The third kappa shape index (κ3) is 4.56. The highest BCUT2D eigenvalue weighted by atomic mass is 32.2. The Balaban J connectivity index is 2.37. The molecule has 0 saturated carbocycles. The lowest BCUT2D eigenvalue weighted by Crippen LogP contribution is -2.41. The van der Waals surface area contributed by atoms with Crippen molar-refractivity contribution in [1.82, 2.24) is 4.72 Å². The standard InChI is InChI=1S/C7H11N3O2S/c8-13(11,12)9-4-7-10-5-2-1-3-6-10/h1-2,5-6,9H,4,7H2,(H2,8,11,12)/q+1. The number of nitrogens with zero attached hydrogens (tertiary/aromatic N) is 1. The molecule has 0 spiro atoms. The average Bonchev–Trinajstić information content (AvgIpc) is 2.04. The lowest BCUT2D eigenvalue weighted by atomic mass is 10.5. The number of nitrogens with two attached hydrogens (primary N) is 1.